The van der Waals surface area contributed by atoms with Crippen molar-refractivity contribution in [3.63, 3.8) is 0 Å². The number of rotatable bonds is 7. The molecule has 1 saturated carbocycles. The van der Waals surface area contributed by atoms with Gasteiger partial charge in [-0.25, -0.2) is 0 Å². The van der Waals surface area contributed by atoms with Crippen molar-refractivity contribution >= 4 is 35.0 Å². The van der Waals surface area contributed by atoms with E-state index in [1.54, 1.807) is 42.5 Å². The predicted octanol–water partition coefficient (Wildman–Crippen LogP) is 4.79. The molecular formula is C24H25ClN2O5. The van der Waals surface area contributed by atoms with Gasteiger partial charge in [0.05, 0.1) is 17.7 Å². The Balaban J connectivity index is 1.45. The maximum absolute atomic E-state index is 12.8. The van der Waals surface area contributed by atoms with E-state index in [4.69, 9.17) is 21.1 Å². The zero-order valence-corrected chi connectivity index (χ0v) is 18.6. The number of nitrogens with one attached hydrogen (secondary N) is 1. The van der Waals surface area contributed by atoms with Crippen LogP contribution in [0.1, 0.15) is 39.0 Å². The summed E-state index contributed by atoms with van der Waals surface area (Å²) < 4.78 is 11.3. The molecule has 1 spiro atoms. The molecular weight excluding hydrogens is 432 g/mol. The van der Waals surface area contributed by atoms with E-state index in [1.807, 2.05) is 6.92 Å². The van der Waals surface area contributed by atoms with Gasteiger partial charge in [0.25, 0.3) is 0 Å². The predicted molar refractivity (Wildman–Crippen MR) is 120 cm³/mol. The van der Waals surface area contributed by atoms with Crippen LogP contribution < -0.4 is 14.8 Å². The number of hydrogen-bond acceptors (Lipinski definition) is 5. The summed E-state index contributed by atoms with van der Waals surface area (Å²) in [6.45, 7) is 2.15. The molecule has 8 heteroatoms. The quantitative estimate of drug-likeness (QED) is 0.605. The summed E-state index contributed by atoms with van der Waals surface area (Å²) in [4.78, 5) is 39.1. The molecule has 0 radical (unpaired) electrons. The molecule has 1 aliphatic carbocycles. The van der Waals surface area contributed by atoms with Crippen LogP contribution >= 0.6 is 11.6 Å². The van der Waals surface area contributed by atoms with Gasteiger partial charge < -0.3 is 14.8 Å². The fourth-order valence-corrected chi connectivity index (χ4v) is 4.55. The van der Waals surface area contributed by atoms with Gasteiger partial charge in [0, 0.05) is 11.4 Å². The lowest BCUT2D eigenvalue weighted by Gasteiger charge is -2.21. The molecule has 4 rings (SSSR count). The number of benzene rings is 2. The van der Waals surface area contributed by atoms with E-state index >= 15 is 0 Å². The van der Waals surface area contributed by atoms with E-state index < -0.39 is 11.3 Å². The number of carbonyl (C=O) groups excluding carboxylic acids is 3. The molecule has 1 heterocycles. The average Bonchev–Trinajstić information content (AvgIpc) is 3.32. The maximum Gasteiger partial charge on any atom is 0.244 e. The van der Waals surface area contributed by atoms with E-state index in [1.165, 1.54) is 0 Å². The van der Waals surface area contributed by atoms with Crippen molar-refractivity contribution in [3.05, 3.63) is 47.5 Å². The lowest BCUT2D eigenvalue weighted by Crippen LogP contribution is -2.39. The number of likely N-dealkylation sites (tertiary alicyclic amines) is 1. The molecule has 0 aromatic heterocycles. The molecule has 0 bridgehead atoms. The number of hydrogen-bond donors (Lipinski definition) is 1. The van der Waals surface area contributed by atoms with Gasteiger partial charge in [0.2, 0.25) is 17.7 Å². The first-order valence-electron chi connectivity index (χ1n) is 10.8. The van der Waals surface area contributed by atoms with E-state index in [0.29, 0.717) is 41.7 Å². The molecule has 1 saturated heterocycles. The Hall–Kier alpha value is -3.06. The normalized spacial score (nSPS) is 17.1. The molecule has 0 atom stereocenters. The van der Waals surface area contributed by atoms with Gasteiger partial charge in [-0.15, -0.1) is 0 Å². The second-order valence-corrected chi connectivity index (χ2v) is 8.58. The Morgan fingerprint density at radius 3 is 2.47 bits per heavy atom. The number of anilines is 1. The topological polar surface area (TPSA) is 84.9 Å². The lowest BCUT2D eigenvalue weighted by molar-refractivity contribution is -0.143. The number of imide groups is 1. The average molecular weight is 457 g/mol. The third-order valence-corrected chi connectivity index (χ3v) is 6.17. The number of ether oxygens (including phenoxy) is 2. The number of amides is 3. The molecule has 32 heavy (non-hydrogen) atoms. The molecule has 2 fully saturated rings. The Morgan fingerprint density at radius 2 is 1.78 bits per heavy atom. The van der Waals surface area contributed by atoms with E-state index in [0.717, 1.165) is 23.5 Å². The minimum absolute atomic E-state index is 0.197. The van der Waals surface area contributed by atoms with Gasteiger partial charge in [-0.3, -0.25) is 19.3 Å². The van der Waals surface area contributed by atoms with Gasteiger partial charge in [-0.2, -0.15) is 0 Å². The fourth-order valence-electron chi connectivity index (χ4n) is 4.38. The molecule has 168 valence electrons. The molecule has 3 amide bonds. The van der Waals surface area contributed by atoms with Crippen molar-refractivity contribution in [2.75, 3.05) is 18.5 Å². The molecule has 1 aliphatic heterocycles. The van der Waals surface area contributed by atoms with Crippen molar-refractivity contribution in [2.24, 2.45) is 5.41 Å². The third kappa shape index (κ3) is 4.58. The number of carbonyl (C=O) groups is 3. The molecule has 2 aromatic carbocycles. The number of nitrogens with zero attached hydrogens (tertiary/aromatic N) is 1. The van der Waals surface area contributed by atoms with E-state index in [2.05, 4.69) is 5.32 Å². The van der Waals surface area contributed by atoms with Gasteiger partial charge in [0.15, 0.2) is 5.75 Å². The monoisotopic (exact) mass is 456 g/mol. The van der Waals surface area contributed by atoms with Crippen molar-refractivity contribution < 1.29 is 23.9 Å². The van der Waals surface area contributed by atoms with Crippen molar-refractivity contribution in [3.8, 4) is 17.2 Å². The molecule has 0 unspecified atom stereocenters. The van der Waals surface area contributed by atoms with Crippen molar-refractivity contribution in [1.82, 2.24) is 4.90 Å². The van der Waals surface area contributed by atoms with Gasteiger partial charge in [-0.05, 0) is 62.2 Å². The second kappa shape index (κ2) is 9.20. The molecule has 2 aliphatic rings. The highest BCUT2D eigenvalue weighted by Gasteiger charge is 2.52. The van der Waals surface area contributed by atoms with Crippen LogP contribution in [0.25, 0.3) is 0 Å². The standard InChI is InChI=1S/C24H25ClN2O5/c1-2-31-17-6-8-18(9-7-17)32-20-10-5-16(25)13-19(20)26-21(28)15-27-22(29)14-24(23(27)30)11-3-4-12-24/h5-10,13H,2-4,11-12,14-15H2,1H3,(H,26,28). The first kappa shape index (κ1) is 22.1. The van der Waals surface area contributed by atoms with Crippen molar-refractivity contribution in [2.45, 2.75) is 39.0 Å². The summed E-state index contributed by atoms with van der Waals surface area (Å²) in [5, 5.41) is 3.15. The minimum atomic E-state index is -0.602. The summed E-state index contributed by atoms with van der Waals surface area (Å²) >= 11 is 6.12. The highest BCUT2D eigenvalue weighted by Crippen LogP contribution is 2.46. The van der Waals surface area contributed by atoms with Crippen LogP contribution in [-0.2, 0) is 14.4 Å². The van der Waals surface area contributed by atoms with Crippen molar-refractivity contribution in [1.29, 1.82) is 0 Å². The summed E-state index contributed by atoms with van der Waals surface area (Å²) in [7, 11) is 0. The van der Waals surface area contributed by atoms with Crippen LogP contribution in [0.3, 0.4) is 0 Å². The van der Waals surface area contributed by atoms with Crippen LogP contribution in [0.2, 0.25) is 5.02 Å². The summed E-state index contributed by atoms with van der Waals surface area (Å²) in [5.41, 5.74) is -0.249. The van der Waals surface area contributed by atoms with Crippen LogP contribution in [0, 0.1) is 5.41 Å². The fraction of sp³-hybridized carbons (Fsp3) is 0.375. The highest BCUT2D eigenvalue weighted by atomic mass is 35.5. The molecule has 2 aromatic rings. The van der Waals surface area contributed by atoms with Crippen LogP contribution in [0.5, 0.6) is 17.2 Å². The second-order valence-electron chi connectivity index (χ2n) is 8.14. The maximum atomic E-state index is 12.8. The third-order valence-electron chi connectivity index (χ3n) is 5.93. The minimum Gasteiger partial charge on any atom is -0.494 e. The Kier molecular flexibility index (Phi) is 6.37. The first-order chi connectivity index (χ1) is 15.4. The molecule has 7 nitrogen and oxygen atoms in total. The lowest BCUT2D eigenvalue weighted by atomic mass is 9.84. The molecule has 1 N–H and O–H groups in total. The Bertz CT molecular complexity index is 1030. The van der Waals surface area contributed by atoms with Crippen LogP contribution in [0.15, 0.2) is 42.5 Å². The zero-order valence-electron chi connectivity index (χ0n) is 17.9. The van der Waals surface area contributed by atoms with Crippen LogP contribution in [-0.4, -0.2) is 35.8 Å². The van der Waals surface area contributed by atoms with Crippen LogP contribution in [0.4, 0.5) is 5.69 Å². The van der Waals surface area contributed by atoms with E-state index in [9.17, 15) is 14.4 Å². The smallest absolute Gasteiger partial charge is 0.244 e. The van der Waals surface area contributed by atoms with Gasteiger partial charge in [0.1, 0.15) is 18.0 Å². The van der Waals surface area contributed by atoms with E-state index in [-0.39, 0.29) is 24.8 Å². The SMILES string of the molecule is CCOc1ccc(Oc2ccc(Cl)cc2NC(=O)CN2C(=O)CC3(CCCC3)C2=O)cc1. The first-order valence-corrected chi connectivity index (χ1v) is 11.1. The van der Waals surface area contributed by atoms with Gasteiger partial charge >= 0.3 is 0 Å². The Morgan fingerprint density at radius 1 is 1.09 bits per heavy atom. The summed E-state index contributed by atoms with van der Waals surface area (Å²) in [6, 6.07) is 12.0. The largest absolute Gasteiger partial charge is 0.494 e. The number of halogens is 1. The zero-order chi connectivity index (χ0) is 22.7. The summed E-state index contributed by atoms with van der Waals surface area (Å²) in [5.74, 6) is 0.665. The summed E-state index contributed by atoms with van der Waals surface area (Å²) in [6.07, 6.45) is 3.50. The van der Waals surface area contributed by atoms with Gasteiger partial charge in [-0.1, -0.05) is 24.4 Å². The Labute approximate surface area is 191 Å². The highest BCUT2D eigenvalue weighted by molar-refractivity contribution is 6.31.